The van der Waals surface area contributed by atoms with E-state index in [9.17, 15) is 24.5 Å². The maximum atomic E-state index is 11.0. The molecule has 16 heavy (non-hydrogen) atoms. The fourth-order valence-electron chi connectivity index (χ4n) is 0.992. The van der Waals surface area contributed by atoms with Crippen molar-refractivity contribution in [2.75, 3.05) is 0 Å². The van der Waals surface area contributed by atoms with Crippen LogP contribution in [0.25, 0.3) is 0 Å². The van der Waals surface area contributed by atoms with Gasteiger partial charge in [0, 0.05) is 6.07 Å². The lowest BCUT2D eigenvalue weighted by Gasteiger charge is -2.00. The Morgan fingerprint density at radius 3 is 2.25 bits per heavy atom. The summed E-state index contributed by atoms with van der Waals surface area (Å²) in [5.74, 6) is -3.37. The summed E-state index contributed by atoms with van der Waals surface area (Å²) in [6, 6.07) is 0.407. The van der Waals surface area contributed by atoms with Crippen LogP contribution >= 0.6 is 0 Å². The van der Waals surface area contributed by atoms with Crippen molar-refractivity contribution in [3.63, 3.8) is 0 Å². The maximum absolute atomic E-state index is 11.0. The Morgan fingerprint density at radius 1 is 1.31 bits per heavy atom. The lowest BCUT2D eigenvalue weighted by molar-refractivity contribution is -0.386. The minimum absolute atomic E-state index is 0.407. The topological polar surface area (TPSA) is 151 Å². The highest BCUT2D eigenvalue weighted by atomic mass is 16.6. The van der Waals surface area contributed by atoms with Gasteiger partial charge in [0.05, 0.1) is 10.5 Å². The number of carboxylic acid groups (broad SMARTS) is 2. The van der Waals surface area contributed by atoms with Crippen LogP contribution in [0.4, 0.5) is 5.69 Å². The van der Waals surface area contributed by atoms with Crippen molar-refractivity contribution in [2.45, 2.75) is 0 Å². The van der Waals surface area contributed by atoms with Gasteiger partial charge in [0.1, 0.15) is 5.69 Å². The molecule has 84 valence electrons. The lowest BCUT2D eigenvalue weighted by Crippen LogP contribution is -2.20. The number of rotatable bonds is 3. The maximum Gasteiger partial charge on any atom is 0.353 e. The molecule has 0 fully saturated rings. The molecule has 0 amide bonds. The van der Waals surface area contributed by atoms with Crippen LogP contribution < -0.4 is 5.56 Å². The molecule has 0 saturated carbocycles. The summed E-state index contributed by atoms with van der Waals surface area (Å²) in [4.78, 5) is 43.0. The molecule has 0 aliphatic carbocycles. The Morgan fingerprint density at radius 2 is 1.88 bits per heavy atom. The van der Waals surface area contributed by atoms with Crippen LogP contribution in [0.3, 0.4) is 0 Å². The van der Waals surface area contributed by atoms with Crippen molar-refractivity contribution in [2.24, 2.45) is 0 Å². The van der Waals surface area contributed by atoms with Crippen molar-refractivity contribution < 1.29 is 24.7 Å². The molecule has 1 aromatic heterocycles. The number of nitro groups is 1. The van der Waals surface area contributed by atoms with Gasteiger partial charge in [-0.05, 0) is 0 Å². The minimum Gasteiger partial charge on any atom is -0.478 e. The molecule has 3 N–H and O–H groups in total. The van der Waals surface area contributed by atoms with Gasteiger partial charge in [0.25, 0.3) is 0 Å². The fraction of sp³-hybridized carbons (Fsp3) is 0. The summed E-state index contributed by atoms with van der Waals surface area (Å²) in [5, 5.41) is 27.5. The summed E-state index contributed by atoms with van der Waals surface area (Å²) < 4.78 is 0. The van der Waals surface area contributed by atoms with E-state index in [-0.39, 0.29) is 0 Å². The summed E-state index contributed by atoms with van der Waals surface area (Å²) in [5.41, 5.74) is -4.04. The number of aromatic carboxylic acids is 2. The average molecular weight is 228 g/mol. The molecule has 0 saturated heterocycles. The van der Waals surface area contributed by atoms with Gasteiger partial charge in [-0.25, -0.2) is 9.59 Å². The highest BCUT2D eigenvalue weighted by molar-refractivity contribution is 6.00. The van der Waals surface area contributed by atoms with E-state index in [4.69, 9.17) is 10.2 Å². The molecule has 1 rings (SSSR count). The van der Waals surface area contributed by atoms with E-state index in [1.165, 1.54) is 0 Å². The molecule has 9 nitrogen and oxygen atoms in total. The average Bonchev–Trinajstić information content (AvgIpc) is 2.15. The zero-order chi connectivity index (χ0) is 12.5. The van der Waals surface area contributed by atoms with Gasteiger partial charge in [0.2, 0.25) is 0 Å². The number of carboxylic acids is 2. The van der Waals surface area contributed by atoms with Crippen molar-refractivity contribution >= 4 is 17.6 Å². The fourth-order valence-corrected chi connectivity index (χ4v) is 0.992. The number of nitrogens with one attached hydrogen (secondary N) is 1. The molecule has 0 aromatic carbocycles. The summed E-state index contributed by atoms with van der Waals surface area (Å²) in [6.07, 6.45) is 0. The van der Waals surface area contributed by atoms with Gasteiger partial charge in [-0.15, -0.1) is 0 Å². The monoisotopic (exact) mass is 228 g/mol. The van der Waals surface area contributed by atoms with Crippen LogP contribution in [0.5, 0.6) is 0 Å². The van der Waals surface area contributed by atoms with E-state index in [0.29, 0.717) is 6.07 Å². The number of hydrogen-bond acceptors (Lipinski definition) is 5. The third-order valence-corrected chi connectivity index (χ3v) is 1.66. The molecule has 0 aliphatic rings. The van der Waals surface area contributed by atoms with E-state index >= 15 is 0 Å². The first-order valence-electron chi connectivity index (χ1n) is 3.73. The number of carbonyl (C=O) groups is 2. The largest absolute Gasteiger partial charge is 0.478 e. The van der Waals surface area contributed by atoms with E-state index < -0.39 is 39.4 Å². The van der Waals surface area contributed by atoms with Crippen molar-refractivity contribution in [3.8, 4) is 0 Å². The Balaban J connectivity index is 3.62. The van der Waals surface area contributed by atoms with Crippen LogP contribution in [0.15, 0.2) is 10.9 Å². The number of hydrogen-bond donors (Lipinski definition) is 3. The van der Waals surface area contributed by atoms with Crippen LogP contribution in [0.1, 0.15) is 20.8 Å². The van der Waals surface area contributed by atoms with E-state index in [1.54, 1.807) is 4.98 Å². The quantitative estimate of drug-likeness (QED) is 0.473. The molecule has 0 radical (unpaired) electrons. The number of aromatic nitrogens is 1. The SMILES string of the molecule is O=C(O)c1cc([N+](=O)[O-])c(=O)[nH]c1C(=O)O. The second-order valence-electron chi connectivity index (χ2n) is 2.64. The normalized spacial score (nSPS) is 9.75. The predicted octanol–water partition coefficient (Wildman–Crippen LogP) is -0.321. The molecular formula is C7H4N2O7. The molecule has 0 bridgehead atoms. The van der Waals surface area contributed by atoms with Gasteiger partial charge < -0.3 is 15.2 Å². The van der Waals surface area contributed by atoms with Crippen molar-refractivity contribution in [1.82, 2.24) is 4.98 Å². The van der Waals surface area contributed by atoms with Crippen molar-refractivity contribution in [3.05, 3.63) is 37.8 Å². The third kappa shape index (κ3) is 1.87. The number of pyridine rings is 1. The zero-order valence-electron chi connectivity index (χ0n) is 7.46. The van der Waals surface area contributed by atoms with Crippen LogP contribution in [0.2, 0.25) is 0 Å². The van der Waals surface area contributed by atoms with Gasteiger partial charge in [-0.1, -0.05) is 0 Å². The molecule has 0 spiro atoms. The summed E-state index contributed by atoms with van der Waals surface area (Å²) in [6.45, 7) is 0. The number of H-pyrrole nitrogens is 1. The molecule has 0 atom stereocenters. The second-order valence-corrected chi connectivity index (χ2v) is 2.64. The van der Waals surface area contributed by atoms with E-state index in [0.717, 1.165) is 0 Å². The molecule has 0 unspecified atom stereocenters. The first kappa shape index (κ1) is 11.4. The van der Waals surface area contributed by atoms with Gasteiger partial charge >= 0.3 is 23.2 Å². The first-order valence-corrected chi connectivity index (χ1v) is 3.73. The number of aromatic amines is 1. The van der Waals surface area contributed by atoms with Gasteiger partial charge in [0.15, 0.2) is 0 Å². The molecule has 9 heteroatoms. The molecule has 1 heterocycles. The molecule has 1 aromatic rings. The Labute approximate surface area is 86.1 Å². The van der Waals surface area contributed by atoms with Crippen LogP contribution in [-0.4, -0.2) is 32.1 Å². The van der Waals surface area contributed by atoms with Crippen molar-refractivity contribution in [1.29, 1.82) is 0 Å². The highest BCUT2D eigenvalue weighted by Gasteiger charge is 2.23. The standard InChI is InChI=1S/C7H4N2O7/c10-5-3(9(15)16)1-2(6(11)12)4(8-5)7(13)14/h1H,(H,8,10)(H,11,12)(H,13,14). The van der Waals surface area contributed by atoms with E-state index in [2.05, 4.69) is 0 Å². The Hall–Kier alpha value is -2.71. The van der Waals surface area contributed by atoms with Crippen LogP contribution in [-0.2, 0) is 0 Å². The van der Waals surface area contributed by atoms with Gasteiger partial charge in [-0.3, -0.25) is 14.9 Å². The second kappa shape index (κ2) is 3.81. The Kier molecular flexibility index (Phi) is 2.70. The van der Waals surface area contributed by atoms with Gasteiger partial charge in [-0.2, -0.15) is 0 Å². The Bertz CT molecular complexity index is 544. The number of nitrogens with zero attached hydrogens (tertiary/aromatic N) is 1. The van der Waals surface area contributed by atoms with E-state index in [1.807, 2.05) is 0 Å². The molecule has 0 aliphatic heterocycles. The molecular weight excluding hydrogens is 224 g/mol. The lowest BCUT2D eigenvalue weighted by atomic mass is 10.2. The summed E-state index contributed by atoms with van der Waals surface area (Å²) >= 11 is 0. The smallest absolute Gasteiger partial charge is 0.353 e. The zero-order valence-corrected chi connectivity index (χ0v) is 7.46. The summed E-state index contributed by atoms with van der Waals surface area (Å²) in [7, 11) is 0. The van der Waals surface area contributed by atoms with Crippen LogP contribution in [0, 0.1) is 10.1 Å². The third-order valence-electron chi connectivity index (χ3n) is 1.66. The first-order chi connectivity index (χ1) is 7.34. The predicted molar refractivity (Wildman–Crippen MR) is 47.6 cm³/mol. The minimum atomic E-state index is -1.69. The highest BCUT2D eigenvalue weighted by Crippen LogP contribution is 2.11.